The van der Waals surface area contributed by atoms with Gasteiger partial charge in [0.2, 0.25) is 0 Å². The number of pyridine rings is 1. The number of nitrogens with one attached hydrogen (secondary N) is 1. The van der Waals surface area contributed by atoms with Crippen LogP contribution in [-0.2, 0) is 11.4 Å². The van der Waals surface area contributed by atoms with Crippen molar-refractivity contribution in [2.45, 2.75) is 37.7 Å². The lowest BCUT2D eigenvalue weighted by Crippen LogP contribution is -2.45. The first-order valence-corrected chi connectivity index (χ1v) is 6.43. The normalized spacial score (nSPS) is 16.4. The molecule has 1 N–H and O–H groups in total. The maximum Gasteiger partial charge on any atom is 0.413 e. The fourth-order valence-corrected chi connectivity index (χ4v) is 1.95. The minimum Gasteiger partial charge on any atom is -0.598 e. The van der Waals surface area contributed by atoms with Crippen LogP contribution in [0, 0.1) is 0 Å². The monoisotopic (exact) mass is 280 g/mol. The number of hydrogen-bond acceptors (Lipinski definition) is 3. The molecule has 0 bridgehead atoms. The summed E-state index contributed by atoms with van der Waals surface area (Å²) in [6.45, 7) is 4.80. The standard InChI is InChI=1S/C11H15F3N2OS/c1-10(2,3)18(17)16-9(11(12,13)14)8-6-4-5-7-15-8/h4-7,9,16H,1-3H3/t9-,18+/m1/s1. The maximum absolute atomic E-state index is 12.9. The lowest BCUT2D eigenvalue weighted by molar-refractivity contribution is -0.153. The molecule has 18 heavy (non-hydrogen) atoms. The zero-order valence-electron chi connectivity index (χ0n) is 10.3. The molecule has 7 heteroatoms. The van der Waals surface area contributed by atoms with Crippen LogP contribution in [0.3, 0.4) is 0 Å². The van der Waals surface area contributed by atoms with Gasteiger partial charge in [0.25, 0.3) is 0 Å². The summed E-state index contributed by atoms with van der Waals surface area (Å²) in [5, 5.41) is 0. The Kier molecular flexibility index (Phi) is 4.63. The topological polar surface area (TPSA) is 48.0 Å². The highest BCUT2D eigenvalue weighted by atomic mass is 32.2. The molecular formula is C11H15F3N2OS. The summed E-state index contributed by atoms with van der Waals surface area (Å²) < 4.78 is 51.8. The van der Waals surface area contributed by atoms with E-state index in [9.17, 15) is 17.7 Å². The van der Waals surface area contributed by atoms with E-state index in [0.29, 0.717) is 0 Å². The highest BCUT2D eigenvalue weighted by molar-refractivity contribution is 7.90. The summed E-state index contributed by atoms with van der Waals surface area (Å²) >= 11 is -1.82. The Morgan fingerprint density at radius 2 is 1.89 bits per heavy atom. The van der Waals surface area contributed by atoms with E-state index in [1.165, 1.54) is 24.4 Å². The number of aromatic nitrogens is 1. The van der Waals surface area contributed by atoms with Gasteiger partial charge in [0.15, 0.2) is 6.04 Å². The van der Waals surface area contributed by atoms with Gasteiger partial charge in [0.1, 0.15) is 4.75 Å². The average Bonchev–Trinajstić information content (AvgIpc) is 2.23. The maximum atomic E-state index is 12.9. The average molecular weight is 280 g/mol. The molecule has 1 aromatic rings. The molecule has 0 saturated heterocycles. The van der Waals surface area contributed by atoms with Crippen LogP contribution in [0.4, 0.5) is 13.2 Å². The Labute approximate surface area is 107 Å². The van der Waals surface area contributed by atoms with Crippen molar-refractivity contribution in [3.63, 3.8) is 0 Å². The van der Waals surface area contributed by atoms with E-state index in [-0.39, 0.29) is 5.69 Å². The van der Waals surface area contributed by atoms with E-state index >= 15 is 0 Å². The van der Waals surface area contributed by atoms with Crippen molar-refractivity contribution in [1.29, 1.82) is 0 Å². The van der Waals surface area contributed by atoms with E-state index in [4.69, 9.17) is 0 Å². The lowest BCUT2D eigenvalue weighted by atomic mass is 10.2. The fourth-order valence-electron chi connectivity index (χ4n) is 1.13. The molecule has 1 rings (SSSR count). The predicted octanol–water partition coefficient (Wildman–Crippen LogP) is 2.74. The van der Waals surface area contributed by atoms with Crippen molar-refractivity contribution in [3.05, 3.63) is 30.1 Å². The van der Waals surface area contributed by atoms with Gasteiger partial charge in [-0.05, 0) is 32.9 Å². The molecule has 2 atom stereocenters. The molecule has 0 fully saturated rings. The number of nitrogens with zero attached hydrogens (tertiary/aromatic N) is 1. The number of alkyl halides is 3. The first kappa shape index (κ1) is 15.3. The van der Waals surface area contributed by atoms with E-state index < -0.39 is 28.3 Å². The number of hydrogen-bond donors (Lipinski definition) is 1. The van der Waals surface area contributed by atoms with Crippen molar-refractivity contribution in [1.82, 2.24) is 9.71 Å². The largest absolute Gasteiger partial charge is 0.598 e. The molecule has 0 aliphatic heterocycles. The van der Waals surface area contributed by atoms with Crippen molar-refractivity contribution < 1.29 is 17.7 Å². The molecule has 0 aromatic carbocycles. The number of rotatable bonds is 3. The minimum absolute atomic E-state index is 0.192. The Morgan fingerprint density at radius 3 is 2.28 bits per heavy atom. The lowest BCUT2D eigenvalue weighted by Gasteiger charge is -2.28. The zero-order chi connectivity index (χ0) is 14.0. The third kappa shape index (κ3) is 4.15. The quantitative estimate of drug-likeness (QED) is 0.866. The predicted molar refractivity (Wildman–Crippen MR) is 64.1 cm³/mol. The second kappa shape index (κ2) is 5.46. The first-order valence-electron chi connectivity index (χ1n) is 5.28. The summed E-state index contributed by atoms with van der Waals surface area (Å²) in [6.07, 6.45) is -3.27. The van der Waals surface area contributed by atoms with Crippen molar-refractivity contribution in [3.8, 4) is 0 Å². The fraction of sp³-hybridized carbons (Fsp3) is 0.545. The van der Waals surface area contributed by atoms with Crippen LogP contribution in [0.5, 0.6) is 0 Å². The van der Waals surface area contributed by atoms with Gasteiger partial charge in [-0.3, -0.25) is 4.98 Å². The summed E-state index contributed by atoms with van der Waals surface area (Å²) in [7, 11) is 0. The van der Waals surface area contributed by atoms with Gasteiger partial charge < -0.3 is 4.55 Å². The van der Waals surface area contributed by atoms with Crippen LogP contribution < -0.4 is 4.72 Å². The highest BCUT2D eigenvalue weighted by Crippen LogP contribution is 2.33. The van der Waals surface area contributed by atoms with E-state index in [0.717, 1.165) is 0 Å². The van der Waals surface area contributed by atoms with Crippen molar-refractivity contribution >= 4 is 11.4 Å². The van der Waals surface area contributed by atoms with Crippen molar-refractivity contribution in [2.24, 2.45) is 0 Å². The van der Waals surface area contributed by atoms with E-state index in [1.807, 2.05) is 0 Å². The molecule has 102 valence electrons. The minimum atomic E-state index is -4.55. The second-order valence-corrected chi connectivity index (χ2v) is 6.73. The Morgan fingerprint density at radius 1 is 1.28 bits per heavy atom. The molecule has 1 heterocycles. The van der Waals surface area contributed by atoms with Gasteiger partial charge in [-0.15, -0.1) is 4.72 Å². The van der Waals surface area contributed by atoms with Gasteiger partial charge in [0, 0.05) is 17.6 Å². The van der Waals surface area contributed by atoms with Gasteiger partial charge >= 0.3 is 6.18 Å². The van der Waals surface area contributed by atoms with Crippen LogP contribution in [0.2, 0.25) is 0 Å². The molecule has 0 aliphatic carbocycles. The van der Waals surface area contributed by atoms with E-state index in [1.54, 1.807) is 20.8 Å². The molecule has 0 saturated carbocycles. The molecule has 0 radical (unpaired) electrons. The van der Waals surface area contributed by atoms with Crippen LogP contribution in [0.15, 0.2) is 24.4 Å². The summed E-state index contributed by atoms with van der Waals surface area (Å²) in [6, 6.07) is 2.21. The zero-order valence-corrected chi connectivity index (χ0v) is 11.1. The van der Waals surface area contributed by atoms with Gasteiger partial charge in [-0.1, -0.05) is 6.07 Å². The van der Waals surface area contributed by atoms with Gasteiger partial charge in [-0.2, -0.15) is 13.2 Å². The molecule has 0 unspecified atom stereocenters. The van der Waals surface area contributed by atoms with Crippen molar-refractivity contribution in [2.75, 3.05) is 0 Å². The third-order valence-electron chi connectivity index (χ3n) is 2.09. The number of halogens is 3. The van der Waals surface area contributed by atoms with Gasteiger partial charge in [-0.25, -0.2) is 0 Å². The smallest absolute Gasteiger partial charge is 0.413 e. The molecule has 0 aliphatic rings. The van der Waals surface area contributed by atoms with Crippen LogP contribution >= 0.6 is 0 Å². The van der Waals surface area contributed by atoms with Gasteiger partial charge in [0.05, 0.1) is 5.69 Å². The molecular weight excluding hydrogens is 265 g/mol. The Balaban J connectivity index is 2.95. The van der Waals surface area contributed by atoms with Crippen LogP contribution in [-0.4, -0.2) is 20.5 Å². The summed E-state index contributed by atoms with van der Waals surface area (Å²) in [5.74, 6) is 0. The Bertz CT molecular complexity index is 378. The molecule has 0 spiro atoms. The molecule has 3 nitrogen and oxygen atoms in total. The first-order chi connectivity index (χ1) is 8.12. The second-order valence-electron chi connectivity index (χ2n) is 4.73. The SMILES string of the molecule is CC(C)(C)[S@+]([O-])N[C@H](c1ccccn1)C(F)(F)F. The Hall–Kier alpha value is -0.790. The van der Waals surface area contributed by atoms with E-state index in [2.05, 4.69) is 9.71 Å². The molecule has 0 amide bonds. The third-order valence-corrected chi connectivity index (χ3v) is 3.65. The van der Waals surface area contributed by atoms with Crippen LogP contribution in [0.1, 0.15) is 32.5 Å². The van der Waals surface area contributed by atoms with Crippen LogP contribution in [0.25, 0.3) is 0 Å². The highest BCUT2D eigenvalue weighted by Gasteiger charge is 2.46. The summed E-state index contributed by atoms with van der Waals surface area (Å²) in [5.41, 5.74) is -0.192. The summed E-state index contributed by atoms with van der Waals surface area (Å²) in [4.78, 5) is 3.66. The molecule has 1 aromatic heterocycles.